The summed E-state index contributed by atoms with van der Waals surface area (Å²) in [5, 5.41) is 2.61. The Balaban J connectivity index is 2.30. The summed E-state index contributed by atoms with van der Waals surface area (Å²) in [5.41, 5.74) is 4.35. The Hall–Kier alpha value is -1.38. The number of rotatable bonds is 1. The van der Waals surface area contributed by atoms with Gasteiger partial charge in [0.05, 0.1) is 10.2 Å². The van der Waals surface area contributed by atoms with Gasteiger partial charge in [-0.1, -0.05) is 59.1 Å². The summed E-state index contributed by atoms with van der Waals surface area (Å²) in [6, 6.07) is 14.5. The van der Waals surface area contributed by atoms with Crippen LogP contribution in [0, 0.1) is 13.8 Å². The van der Waals surface area contributed by atoms with Crippen LogP contribution in [0.1, 0.15) is 11.1 Å². The van der Waals surface area contributed by atoms with Crippen molar-refractivity contribution in [3.05, 3.63) is 63.2 Å². The molecular weight excluding hydrogens is 334 g/mol. The third-order valence-corrected chi connectivity index (χ3v) is 4.47. The van der Waals surface area contributed by atoms with Gasteiger partial charge >= 0.3 is 0 Å². The molecule has 2 aromatic carbocycles. The van der Waals surface area contributed by atoms with Gasteiger partial charge in [0, 0.05) is 16.3 Å². The molecule has 100 valence electrons. The molecule has 0 saturated heterocycles. The van der Waals surface area contributed by atoms with Crippen LogP contribution >= 0.6 is 27.5 Å². The molecule has 3 aromatic rings. The molecule has 0 spiro atoms. The maximum Gasteiger partial charge on any atom is 0.137 e. The fourth-order valence-corrected chi connectivity index (χ4v) is 3.16. The number of benzene rings is 2. The fourth-order valence-electron chi connectivity index (χ4n) is 2.26. The number of aryl methyl sites for hydroxylation is 2. The van der Waals surface area contributed by atoms with Gasteiger partial charge in [-0.25, -0.2) is 4.98 Å². The molecule has 0 bridgehead atoms. The van der Waals surface area contributed by atoms with Crippen molar-refractivity contribution in [2.75, 3.05) is 0 Å². The number of hydrogen-bond donors (Lipinski definition) is 0. The quantitative estimate of drug-likeness (QED) is 0.497. The molecule has 0 aliphatic rings. The second-order valence-electron chi connectivity index (χ2n) is 4.98. The van der Waals surface area contributed by atoms with Crippen molar-refractivity contribution < 1.29 is 0 Å². The molecule has 0 aliphatic carbocycles. The lowest BCUT2D eigenvalue weighted by Crippen LogP contribution is -1.90. The summed E-state index contributed by atoms with van der Waals surface area (Å²) in [7, 11) is 0. The Morgan fingerprint density at radius 1 is 0.900 bits per heavy atom. The second kappa shape index (κ2) is 5.19. The lowest BCUT2D eigenvalue weighted by atomic mass is 10.0. The summed E-state index contributed by atoms with van der Waals surface area (Å²) < 4.78 is 0.987. The number of nitrogens with zero attached hydrogens (tertiary/aromatic N) is 1. The smallest absolute Gasteiger partial charge is 0.137 e. The van der Waals surface area contributed by atoms with E-state index < -0.39 is 0 Å². The summed E-state index contributed by atoms with van der Waals surface area (Å²) in [6.07, 6.45) is 0. The van der Waals surface area contributed by atoms with Crippen molar-refractivity contribution in [1.29, 1.82) is 0 Å². The minimum atomic E-state index is 0.544. The van der Waals surface area contributed by atoms with Crippen LogP contribution in [0.4, 0.5) is 0 Å². The maximum absolute atomic E-state index is 6.36. The summed E-state index contributed by atoms with van der Waals surface area (Å²) in [6.45, 7) is 4.12. The highest BCUT2D eigenvalue weighted by molar-refractivity contribution is 9.10. The number of fused-ring (bicyclic) bond motifs is 1. The zero-order valence-electron chi connectivity index (χ0n) is 11.2. The van der Waals surface area contributed by atoms with Crippen LogP contribution in [0.3, 0.4) is 0 Å². The van der Waals surface area contributed by atoms with Crippen LogP contribution in [0.5, 0.6) is 0 Å². The molecule has 3 heteroatoms. The molecule has 0 radical (unpaired) electrons. The zero-order chi connectivity index (χ0) is 14.3. The number of hydrogen-bond acceptors (Lipinski definition) is 1. The minimum Gasteiger partial charge on any atom is -0.234 e. The van der Waals surface area contributed by atoms with E-state index in [1.165, 1.54) is 11.1 Å². The first-order valence-corrected chi connectivity index (χ1v) is 7.56. The van der Waals surface area contributed by atoms with Crippen molar-refractivity contribution in [2.24, 2.45) is 0 Å². The average Bonchev–Trinajstić information content (AvgIpc) is 2.44. The first-order valence-electron chi connectivity index (χ1n) is 6.38. The number of pyridine rings is 1. The van der Waals surface area contributed by atoms with Gasteiger partial charge in [0.25, 0.3) is 0 Å². The molecule has 1 aromatic heterocycles. The monoisotopic (exact) mass is 345 g/mol. The predicted molar refractivity (Wildman–Crippen MR) is 89.4 cm³/mol. The van der Waals surface area contributed by atoms with E-state index in [1.54, 1.807) is 0 Å². The Morgan fingerprint density at radius 3 is 2.25 bits per heavy atom. The normalized spacial score (nSPS) is 11.0. The number of halogens is 2. The van der Waals surface area contributed by atoms with Crippen molar-refractivity contribution in [3.8, 4) is 11.3 Å². The van der Waals surface area contributed by atoms with Crippen molar-refractivity contribution in [1.82, 2.24) is 4.98 Å². The molecule has 0 aliphatic heterocycles. The highest BCUT2D eigenvalue weighted by Gasteiger charge is 2.12. The molecule has 0 unspecified atom stereocenters. The Bertz CT molecular complexity index is 794. The highest BCUT2D eigenvalue weighted by Crippen LogP contribution is 2.36. The molecule has 0 N–H and O–H groups in total. The van der Waals surface area contributed by atoms with Crippen molar-refractivity contribution in [2.45, 2.75) is 13.8 Å². The van der Waals surface area contributed by atoms with Gasteiger partial charge in [-0.2, -0.15) is 0 Å². The van der Waals surface area contributed by atoms with E-state index in [2.05, 4.69) is 77.2 Å². The van der Waals surface area contributed by atoms with Gasteiger partial charge in [-0.3, -0.25) is 0 Å². The SMILES string of the molecule is Cc1ccc(-c2nc(Cl)c3cc(C)ccc3c2Br)cc1. The average molecular weight is 347 g/mol. The van der Waals surface area contributed by atoms with Gasteiger partial charge in [-0.05, 0) is 35.8 Å². The maximum atomic E-state index is 6.36. The van der Waals surface area contributed by atoms with E-state index in [4.69, 9.17) is 11.6 Å². The Kier molecular flexibility index (Phi) is 3.53. The lowest BCUT2D eigenvalue weighted by molar-refractivity contribution is 1.33. The molecule has 1 heterocycles. The first kappa shape index (κ1) is 13.6. The molecule has 0 saturated carbocycles. The van der Waals surface area contributed by atoms with Gasteiger partial charge in [0.15, 0.2) is 0 Å². The predicted octanol–water partition coefficient (Wildman–Crippen LogP) is 5.93. The second-order valence-corrected chi connectivity index (χ2v) is 6.13. The van der Waals surface area contributed by atoms with Crippen LogP contribution < -0.4 is 0 Å². The van der Waals surface area contributed by atoms with Crippen LogP contribution in [0.2, 0.25) is 5.15 Å². The zero-order valence-corrected chi connectivity index (χ0v) is 13.6. The summed E-state index contributed by atoms with van der Waals surface area (Å²) >= 11 is 10.0. The summed E-state index contributed by atoms with van der Waals surface area (Å²) in [4.78, 5) is 4.56. The van der Waals surface area contributed by atoms with E-state index in [9.17, 15) is 0 Å². The van der Waals surface area contributed by atoms with Crippen molar-refractivity contribution in [3.63, 3.8) is 0 Å². The summed E-state index contributed by atoms with van der Waals surface area (Å²) in [5.74, 6) is 0. The molecular formula is C17H13BrClN. The molecule has 20 heavy (non-hydrogen) atoms. The van der Waals surface area contributed by atoms with E-state index >= 15 is 0 Å². The topological polar surface area (TPSA) is 12.9 Å². The molecule has 0 atom stereocenters. The van der Waals surface area contributed by atoms with Gasteiger partial charge in [0.2, 0.25) is 0 Å². The lowest BCUT2D eigenvalue weighted by Gasteiger charge is -2.10. The van der Waals surface area contributed by atoms with E-state index in [1.807, 2.05) is 0 Å². The molecule has 3 rings (SSSR count). The van der Waals surface area contributed by atoms with Crippen LogP contribution in [0.15, 0.2) is 46.9 Å². The molecule has 0 amide bonds. The third-order valence-electron chi connectivity index (χ3n) is 3.38. The van der Waals surface area contributed by atoms with Crippen LogP contribution in [0.25, 0.3) is 22.0 Å². The van der Waals surface area contributed by atoms with Gasteiger partial charge in [0.1, 0.15) is 5.15 Å². The molecule has 0 fully saturated rings. The first-order chi connectivity index (χ1) is 9.56. The van der Waals surface area contributed by atoms with E-state index in [0.717, 1.165) is 26.5 Å². The number of aromatic nitrogens is 1. The molecule has 1 nitrogen and oxygen atoms in total. The minimum absolute atomic E-state index is 0.544. The Labute approximate surface area is 131 Å². The van der Waals surface area contributed by atoms with Crippen LogP contribution in [-0.2, 0) is 0 Å². The standard InChI is InChI=1S/C17H13BrClN/c1-10-3-6-12(7-4-10)16-15(18)13-8-5-11(2)9-14(13)17(19)20-16/h3-9H,1-2H3. The largest absolute Gasteiger partial charge is 0.234 e. The van der Waals surface area contributed by atoms with E-state index in [0.29, 0.717) is 5.15 Å². The Morgan fingerprint density at radius 2 is 1.55 bits per heavy atom. The fraction of sp³-hybridized carbons (Fsp3) is 0.118. The highest BCUT2D eigenvalue weighted by atomic mass is 79.9. The van der Waals surface area contributed by atoms with E-state index in [-0.39, 0.29) is 0 Å². The van der Waals surface area contributed by atoms with Crippen molar-refractivity contribution >= 4 is 38.3 Å². The van der Waals surface area contributed by atoms with Gasteiger partial charge in [-0.15, -0.1) is 0 Å². The van der Waals surface area contributed by atoms with Gasteiger partial charge < -0.3 is 0 Å². The third kappa shape index (κ3) is 2.34. The van der Waals surface area contributed by atoms with Crippen LogP contribution in [-0.4, -0.2) is 4.98 Å².